The molecule has 0 radical (unpaired) electrons. The number of anilines is 1. The van der Waals surface area contributed by atoms with Crippen LogP contribution in [0.4, 0.5) is 5.82 Å². The molecule has 1 aromatic heterocycles. The topological polar surface area (TPSA) is 67.1 Å². The Morgan fingerprint density at radius 1 is 1.29 bits per heavy atom. The van der Waals surface area contributed by atoms with E-state index in [1.807, 2.05) is 0 Å². The molecule has 5 nitrogen and oxygen atoms in total. The molecule has 0 aromatic carbocycles. The van der Waals surface area contributed by atoms with Gasteiger partial charge < -0.3 is 16.0 Å². The minimum absolute atomic E-state index is 0.409. The van der Waals surface area contributed by atoms with Crippen LogP contribution >= 0.6 is 12.2 Å². The Balaban J connectivity index is 2.28. The van der Waals surface area contributed by atoms with Crippen molar-refractivity contribution in [2.45, 2.75) is 45.6 Å². The number of rotatable bonds is 5. The fourth-order valence-electron chi connectivity index (χ4n) is 2.89. The van der Waals surface area contributed by atoms with Gasteiger partial charge in [0.05, 0.1) is 11.3 Å². The van der Waals surface area contributed by atoms with E-state index in [-0.39, 0.29) is 0 Å². The van der Waals surface area contributed by atoms with Crippen molar-refractivity contribution in [2.24, 2.45) is 5.73 Å². The van der Waals surface area contributed by atoms with E-state index < -0.39 is 0 Å². The summed E-state index contributed by atoms with van der Waals surface area (Å²) in [6, 6.07) is 0.417. The summed E-state index contributed by atoms with van der Waals surface area (Å²) in [5, 5.41) is 12.2. The average molecular weight is 307 g/mol. The summed E-state index contributed by atoms with van der Waals surface area (Å²) >= 11 is 5.26. The molecule has 2 rings (SSSR count). The molecule has 1 fully saturated rings. The molecule has 1 aromatic rings. The number of nitrogens with two attached hydrogens (primary N) is 1. The number of hydrogen-bond donors (Lipinski definition) is 2. The number of likely N-dealkylation sites (tertiary alicyclic amines) is 1. The maximum atomic E-state index is 5.96. The van der Waals surface area contributed by atoms with Crippen molar-refractivity contribution in [1.82, 2.24) is 15.1 Å². The molecule has 3 N–H and O–H groups in total. The Morgan fingerprint density at radius 2 is 1.95 bits per heavy atom. The van der Waals surface area contributed by atoms with Crippen molar-refractivity contribution in [2.75, 3.05) is 25.5 Å². The molecule has 0 unspecified atom stereocenters. The van der Waals surface area contributed by atoms with Gasteiger partial charge in [-0.05, 0) is 51.4 Å². The molecule has 2 heterocycles. The van der Waals surface area contributed by atoms with Crippen LogP contribution in [-0.4, -0.2) is 46.3 Å². The first-order chi connectivity index (χ1) is 10.1. The summed E-state index contributed by atoms with van der Waals surface area (Å²) in [6.45, 7) is 6.39. The summed E-state index contributed by atoms with van der Waals surface area (Å²) in [7, 11) is 2.15. The Morgan fingerprint density at radius 3 is 2.48 bits per heavy atom. The zero-order chi connectivity index (χ0) is 15.4. The quantitative estimate of drug-likeness (QED) is 0.808. The van der Waals surface area contributed by atoms with Gasteiger partial charge in [0.25, 0.3) is 0 Å². The van der Waals surface area contributed by atoms with Crippen molar-refractivity contribution in [3.8, 4) is 0 Å². The summed E-state index contributed by atoms with van der Waals surface area (Å²) < 4.78 is 0. The molecule has 116 valence electrons. The number of nitrogens with zero attached hydrogens (tertiary/aromatic N) is 3. The number of aromatic nitrogens is 2. The highest BCUT2D eigenvalue weighted by Crippen LogP contribution is 2.23. The van der Waals surface area contributed by atoms with Crippen molar-refractivity contribution in [3.05, 3.63) is 16.8 Å². The van der Waals surface area contributed by atoms with E-state index in [9.17, 15) is 0 Å². The Kier molecular flexibility index (Phi) is 5.47. The molecule has 0 aliphatic carbocycles. The highest BCUT2D eigenvalue weighted by atomic mass is 32.1. The van der Waals surface area contributed by atoms with Crippen molar-refractivity contribution < 1.29 is 0 Å². The minimum Gasteiger partial charge on any atom is -0.389 e. The highest BCUT2D eigenvalue weighted by molar-refractivity contribution is 7.80. The van der Waals surface area contributed by atoms with E-state index in [2.05, 4.69) is 41.3 Å². The van der Waals surface area contributed by atoms with Gasteiger partial charge in [-0.15, -0.1) is 5.10 Å². The predicted octanol–water partition coefficient (Wildman–Crippen LogP) is 1.74. The monoisotopic (exact) mass is 307 g/mol. The first kappa shape index (κ1) is 16.1. The van der Waals surface area contributed by atoms with Crippen LogP contribution < -0.4 is 11.1 Å². The van der Waals surface area contributed by atoms with Gasteiger partial charge in [-0.25, -0.2) is 0 Å². The van der Waals surface area contributed by atoms with E-state index in [4.69, 9.17) is 18.0 Å². The molecule has 1 aliphatic rings. The third-order valence-electron chi connectivity index (χ3n) is 4.15. The summed E-state index contributed by atoms with van der Waals surface area (Å²) in [6.07, 6.45) is 3.92. The summed E-state index contributed by atoms with van der Waals surface area (Å²) in [5.74, 6) is 0.756. The molecule has 1 aliphatic heterocycles. The molecule has 1 saturated heterocycles. The molecule has 0 spiro atoms. The average Bonchev–Trinajstić information content (AvgIpc) is 2.48. The SMILES string of the molecule is CCc1nnc(NC2CCN(C)CC2)c(C(N)=S)c1CC. The fraction of sp³-hybridized carbons (Fsp3) is 0.667. The summed E-state index contributed by atoms with van der Waals surface area (Å²) in [5.41, 5.74) is 8.97. The fourth-order valence-corrected chi connectivity index (χ4v) is 3.11. The molecular formula is C15H25N5S. The van der Waals surface area contributed by atoms with E-state index >= 15 is 0 Å². The maximum absolute atomic E-state index is 5.96. The van der Waals surface area contributed by atoms with E-state index in [1.54, 1.807) is 0 Å². The zero-order valence-corrected chi connectivity index (χ0v) is 14.0. The lowest BCUT2D eigenvalue weighted by atomic mass is 10.0. The molecule has 0 saturated carbocycles. The minimum atomic E-state index is 0.409. The third-order valence-corrected chi connectivity index (χ3v) is 4.36. The molecule has 0 bridgehead atoms. The van der Waals surface area contributed by atoms with Crippen molar-refractivity contribution >= 4 is 23.0 Å². The molecule has 0 atom stereocenters. The second-order valence-electron chi connectivity index (χ2n) is 5.64. The molecule has 0 amide bonds. The van der Waals surface area contributed by atoms with Gasteiger partial charge in [-0.3, -0.25) is 0 Å². The molecular weight excluding hydrogens is 282 g/mol. The lowest BCUT2D eigenvalue weighted by Gasteiger charge is -2.30. The van der Waals surface area contributed by atoms with Gasteiger partial charge in [0.15, 0.2) is 5.82 Å². The van der Waals surface area contributed by atoms with Crippen LogP contribution in [0.25, 0.3) is 0 Å². The molecule has 21 heavy (non-hydrogen) atoms. The second kappa shape index (κ2) is 7.13. The van der Waals surface area contributed by atoms with Crippen LogP contribution in [-0.2, 0) is 12.8 Å². The van der Waals surface area contributed by atoms with E-state index in [0.717, 1.165) is 61.4 Å². The second-order valence-corrected chi connectivity index (χ2v) is 6.08. The first-order valence-electron chi connectivity index (χ1n) is 7.70. The van der Waals surface area contributed by atoms with Gasteiger partial charge in [-0.2, -0.15) is 5.10 Å². The number of thiocarbonyl (C=S) groups is 1. The van der Waals surface area contributed by atoms with E-state index in [0.29, 0.717) is 11.0 Å². The lowest BCUT2D eigenvalue weighted by Crippen LogP contribution is -2.37. The first-order valence-corrected chi connectivity index (χ1v) is 8.10. The normalized spacial score (nSPS) is 16.9. The predicted molar refractivity (Wildman–Crippen MR) is 90.8 cm³/mol. The smallest absolute Gasteiger partial charge is 0.159 e. The number of aryl methyl sites for hydroxylation is 1. The van der Waals surface area contributed by atoms with Gasteiger partial charge in [0.1, 0.15) is 4.99 Å². The Labute approximate surface area is 132 Å². The number of piperidine rings is 1. The number of hydrogen-bond acceptors (Lipinski definition) is 5. The zero-order valence-electron chi connectivity index (χ0n) is 13.1. The van der Waals surface area contributed by atoms with Crippen LogP contribution in [0.15, 0.2) is 0 Å². The standard InChI is InChI=1S/C15H25N5S/c1-4-11-12(5-2)18-19-15(13(11)14(16)21)17-10-6-8-20(3)9-7-10/h10H,4-9H2,1-3H3,(H2,16,21)(H,17,19). The highest BCUT2D eigenvalue weighted by Gasteiger charge is 2.21. The van der Waals surface area contributed by atoms with Crippen LogP contribution in [0, 0.1) is 0 Å². The summed E-state index contributed by atoms with van der Waals surface area (Å²) in [4.78, 5) is 2.75. The van der Waals surface area contributed by atoms with Crippen molar-refractivity contribution in [1.29, 1.82) is 0 Å². The van der Waals surface area contributed by atoms with Gasteiger partial charge in [0.2, 0.25) is 0 Å². The third kappa shape index (κ3) is 3.68. The van der Waals surface area contributed by atoms with Crippen LogP contribution in [0.5, 0.6) is 0 Å². The Bertz CT molecular complexity index is 509. The largest absolute Gasteiger partial charge is 0.389 e. The number of nitrogens with one attached hydrogen (secondary N) is 1. The van der Waals surface area contributed by atoms with Gasteiger partial charge >= 0.3 is 0 Å². The maximum Gasteiger partial charge on any atom is 0.159 e. The molecule has 6 heteroatoms. The van der Waals surface area contributed by atoms with Crippen molar-refractivity contribution in [3.63, 3.8) is 0 Å². The van der Waals surface area contributed by atoms with Gasteiger partial charge in [0, 0.05) is 6.04 Å². The van der Waals surface area contributed by atoms with Crippen LogP contribution in [0.1, 0.15) is 43.5 Å². The lowest BCUT2D eigenvalue weighted by molar-refractivity contribution is 0.263. The van der Waals surface area contributed by atoms with Crippen LogP contribution in [0.2, 0.25) is 0 Å². The van der Waals surface area contributed by atoms with Gasteiger partial charge in [-0.1, -0.05) is 26.1 Å². The van der Waals surface area contributed by atoms with Crippen LogP contribution in [0.3, 0.4) is 0 Å². The Hall–Kier alpha value is -1.27. The van der Waals surface area contributed by atoms with E-state index in [1.165, 1.54) is 0 Å².